The summed E-state index contributed by atoms with van der Waals surface area (Å²) < 4.78 is 18.5. The lowest BCUT2D eigenvalue weighted by Gasteiger charge is -2.40. The van der Waals surface area contributed by atoms with E-state index in [9.17, 15) is 19.1 Å². The minimum Gasteiger partial charge on any atom is -0.481 e. The maximum absolute atomic E-state index is 13.5. The third-order valence-corrected chi connectivity index (χ3v) is 3.96. The van der Waals surface area contributed by atoms with Crippen LogP contribution >= 0.6 is 0 Å². The van der Waals surface area contributed by atoms with Gasteiger partial charge in [0.15, 0.2) is 0 Å². The Kier molecular flexibility index (Phi) is 5.49. The van der Waals surface area contributed by atoms with Gasteiger partial charge in [0, 0.05) is 26.7 Å². The molecule has 1 aromatic carbocycles. The molecule has 6 heteroatoms. The molecule has 1 aliphatic rings. The summed E-state index contributed by atoms with van der Waals surface area (Å²) in [7, 11) is 1.57. The average Bonchev–Trinajstić information content (AvgIpc) is 2.48. The number of hydrogen-bond acceptors (Lipinski definition) is 3. The van der Waals surface area contributed by atoms with Crippen molar-refractivity contribution in [3.05, 3.63) is 35.6 Å². The Labute approximate surface area is 128 Å². The quantitative estimate of drug-likeness (QED) is 0.818. The molecule has 1 fully saturated rings. The summed E-state index contributed by atoms with van der Waals surface area (Å²) in [5, 5.41) is 9.46. The van der Waals surface area contributed by atoms with Gasteiger partial charge in [-0.2, -0.15) is 0 Å². The molecule has 0 radical (unpaired) electrons. The van der Waals surface area contributed by atoms with Crippen LogP contribution in [0.25, 0.3) is 0 Å². The molecular formula is C16H20FNO4. The Balaban J connectivity index is 2.32. The number of rotatable bonds is 6. The molecule has 1 heterocycles. The number of carboxylic acid groups (broad SMARTS) is 1. The van der Waals surface area contributed by atoms with Crippen LogP contribution in [-0.4, -0.2) is 42.1 Å². The molecule has 0 aliphatic carbocycles. The number of carboxylic acids is 1. The molecule has 0 aromatic heterocycles. The molecule has 1 N–H and O–H groups in total. The van der Waals surface area contributed by atoms with Crippen LogP contribution in [0, 0.1) is 11.7 Å². The number of likely N-dealkylation sites (tertiary alicyclic amines) is 1. The van der Waals surface area contributed by atoms with Crippen molar-refractivity contribution in [3.63, 3.8) is 0 Å². The number of benzene rings is 1. The van der Waals surface area contributed by atoms with Gasteiger partial charge in [0.25, 0.3) is 0 Å². The van der Waals surface area contributed by atoms with E-state index in [-0.39, 0.29) is 18.7 Å². The summed E-state index contributed by atoms with van der Waals surface area (Å²) in [5.41, 5.74) is 0.526. The molecule has 1 amide bonds. The van der Waals surface area contributed by atoms with Gasteiger partial charge in [-0.3, -0.25) is 9.59 Å². The van der Waals surface area contributed by atoms with Crippen LogP contribution in [0.4, 0.5) is 4.39 Å². The number of carbonyl (C=O) groups excluding carboxylic acids is 1. The summed E-state index contributed by atoms with van der Waals surface area (Å²) in [4.78, 5) is 25.3. The van der Waals surface area contributed by atoms with Crippen LogP contribution in [0.3, 0.4) is 0 Å². The number of halogens is 1. The summed E-state index contributed by atoms with van der Waals surface area (Å²) in [5.74, 6) is -2.21. The molecule has 0 spiro atoms. The minimum absolute atomic E-state index is 0.0946. The van der Waals surface area contributed by atoms with E-state index in [2.05, 4.69) is 0 Å². The van der Waals surface area contributed by atoms with E-state index in [0.29, 0.717) is 25.1 Å². The molecule has 22 heavy (non-hydrogen) atoms. The molecule has 1 aromatic rings. The predicted molar refractivity (Wildman–Crippen MR) is 77.7 cm³/mol. The first kappa shape index (κ1) is 16.4. The highest BCUT2D eigenvalue weighted by atomic mass is 19.1. The van der Waals surface area contributed by atoms with Crippen molar-refractivity contribution in [1.82, 2.24) is 4.90 Å². The molecule has 0 bridgehead atoms. The number of hydrogen-bond donors (Lipinski definition) is 1. The lowest BCUT2D eigenvalue weighted by atomic mass is 9.84. The maximum Gasteiger partial charge on any atom is 0.308 e. The Morgan fingerprint density at radius 1 is 1.50 bits per heavy atom. The Hall–Kier alpha value is -1.95. The lowest BCUT2D eigenvalue weighted by Crippen LogP contribution is -2.46. The fraction of sp³-hybridized carbons (Fsp3) is 0.500. The molecule has 1 aliphatic heterocycles. The minimum atomic E-state index is -0.960. The van der Waals surface area contributed by atoms with Crippen LogP contribution in [0.2, 0.25) is 0 Å². The average molecular weight is 309 g/mol. The van der Waals surface area contributed by atoms with Crippen molar-refractivity contribution in [2.45, 2.75) is 25.3 Å². The Morgan fingerprint density at radius 3 is 2.91 bits per heavy atom. The molecule has 2 atom stereocenters. The number of amides is 1. The second-order valence-corrected chi connectivity index (χ2v) is 5.42. The molecule has 2 rings (SSSR count). The van der Waals surface area contributed by atoms with Crippen molar-refractivity contribution in [3.8, 4) is 0 Å². The van der Waals surface area contributed by atoms with E-state index in [4.69, 9.17) is 4.74 Å². The number of aliphatic carboxylic acids is 1. The van der Waals surface area contributed by atoms with E-state index in [1.54, 1.807) is 18.1 Å². The van der Waals surface area contributed by atoms with E-state index < -0.39 is 23.7 Å². The zero-order chi connectivity index (χ0) is 16.1. The highest BCUT2D eigenvalue weighted by Crippen LogP contribution is 2.37. The second kappa shape index (κ2) is 7.35. The maximum atomic E-state index is 13.5. The molecule has 0 saturated carbocycles. The number of carbonyl (C=O) groups is 2. The monoisotopic (exact) mass is 309 g/mol. The topological polar surface area (TPSA) is 66.8 Å². The largest absolute Gasteiger partial charge is 0.481 e. The highest BCUT2D eigenvalue weighted by molar-refractivity contribution is 5.81. The summed E-state index contributed by atoms with van der Waals surface area (Å²) in [6.07, 6.45) is 1.09. The van der Waals surface area contributed by atoms with Crippen LogP contribution in [0.15, 0.2) is 24.3 Å². The molecule has 1 saturated heterocycles. The predicted octanol–water partition coefficient (Wildman–Crippen LogP) is 2.23. The van der Waals surface area contributed by atoms with Gasteiger partial charge in [-0.05, 0) is 30.5 Å². The second-order valence-electron chi connectivity index (χ2n) is 5.42. The van der Waals surface area contributed by atoms with Gasteiger partial charge in [0.2, 0.25) is 5.91 Å². The number of nitrogens with zero attached hydrogens (tertiary/aromatic N) is 1. The van der Waals surface area contributed by atoms with E-state index >= 15 is 0 Å². The SMILES string of the molecule is COCCCN1C(=O)CC[C@H](C(=O)O)[C@H]1c1cccc(F)c1. The van der Waals surface area contributed by atoms with Gasteiger partial charge >= 0.3 is 5.97 Å². The van der Waals surface area contributed by atoms with Gasteiger partial charge in [-0.1, -0.05) is 12.1 Å². The van der Waals surface area contributed by atoms with E-state index in [0.717, 1.165) is 0 Å². The van der Waals surface area contributed by atoms with Crippen LogP contribution in [0.5, 0.6) is 0 Å². The third-order valence-electron chi connectivity index (χ3n) is 3.96. The Bertz CT molecular complexity index is 549. The highest BCUT2D eigenvalue weighted by Gasteiger charge is 2.40. The van der Waals surface area contributed by atoms with Gasteiger partial charge in [-0.25, -0.2) is 4.39 Å². The summed E-state index contributed by atoms with van der Waals surface area (Å²) >= 11 is 0. The lowest BCUT2D eigenvalue weighted by molar-refractivity contribution is -0.152. The molecule has 120 valence electrons. The van der Waals surface area contributed by atoms with Gasteiger partial charge in [0.05, 0.1) is 12.0 Å². The Morgan fingerprint density at radius 2 is 2.27 bits per heavy atom. The van der Waals surface area contributed by atoms with Crippen molar-refractivity contribution in [2.75, 3.05) is 20.3 Å². The third kappa shape index (κ3) is 3.62. The van der Waals surface area contributed by atoms with Crippen molar-refractivity contribution >= 4 is 11.9 Å². The van der Waals surface area contributed by atoms with E-state index in [1.807, 2.05) is 0 Å². The zero-order valence-electron chi connectivity index (χ0n) is 12.5. The normalized spacial score (nSPS) is 21.9. The van der Waals surface area contributed by atoms with Crippen LogP contribution in [-0.2, 0) is 14.3 Å². The van der Waals surface area contributed by atoms with Crippen molar-refractivity contribution < 1.29 is 23.8 Å². The van der Waals surface area contributed by atoms with Crippen molar-refractivity contribution in [1.29, 1.82) is 0 Å². The zero-order valence-corrected chi connectivity index (χ0v) is 12.5. The van der Waals surface area contributed by atoms with Gasteiger partial charge < -0.3 is 14.7 Å². The van der Waals surface area contributed by atoms with Gasteiger partial charge in [-0.15, -0.1) is 0 Å². The number of ether oxygens (including phenoxy) is 1. The molecule has 5 nitrogen and oxygen atoms in total. The fourth-order valence-corrected chi connectivity index (χ4v) is 2.96. The standard InChI is InChI=1S/C16H20FNO4/c1-22-9-3-8-18-14(19)7-6-13(16(20)21)15(18)11-4-2-5-12(17)10-11/h2,4-5,10,13,15H,3,6-9H2,1H3,(H,20,21)/t13-,15+/m0/s1. The van der Waals surface area contributed by atoms with Crippen molar-refractivity contribution in [2.24, 2.45) is 5.92 Å². The first-order valence-electron chi connectivity index (χ1n) is 7.31. The fourth-order valence-electron chi connectivity index (χ4n) is 2.96. The number of piperidine rings is 1. The number of methoxy groups -OCH3 is 1. The van der Waals surface area contributed by atoms with Crippen LogP contribution in [0.1, 0.15) is 30.9 Å². The smallest absolute Gasteiger partial charge is 0.308 e. The first-order chi connectivity index (χ1) is 10.5. The molecule has 0 unspecified atom stereocenters. The first-order valence-corrected chi connectivity index (χ1v) is 7.31. The summed E-state index contributed by atoms with van der Waals surface area (Å²) in [6.45, 7) is 0.884. The molecular weight excluding hydrogens is 289 g/mol. The van der Waals surface area contributed by atoms with Crippen LogP contribution < -0.4 is 0 Å². The van der Waals surface area contributed by atoms with Gasteiger partial charge in [0.1, 0.15) is 5.82 Å². The van der Waals surface area contributed by atoms with E-state index in [1.165, 1.54) is 18.2 Å². The summed E-state index contributed by atoms with van der Waals surface area (Å²) in [6, 6.07) is 5.19.